The van der Waals surface area contributed by atoms with Gasteiger partial charge in [0, 0.05) is 32.0 Å². The summed E-state index contributed by atoms with van der Waals surface area (Å²) in [7, 11) is 2.07. The maximum Gasteiger partial charge on any atom is 0.122 e. The number of aromatic nitrogens is 2. The van der Waals surface area contributed by atoms with E-state index in [2.05, 4.69) is 33.7 Å². The summed E-state index contributed by atoms with van der Waals surface area (Å²) < 4.78 is 2.12. The molecule has 3 unspecified atom stereocenters. The summed E-state index contributed by atoms with van der Waals surface area (Å²) in [5.74, 6) is 2.88. The van der Waals surface area contributed by atoms with Gasteiger partial charge in [-0.25, -0.2) is 4.98 Å². The summed E-state index contributed by atoms with van der Waals surface area (Å²) in [6.45, 7) is 6.99. The average Bonchev–Trinajstić information content (AvgIpc) is 2.91. The number of likely N-dealkylation sites (tertiary alicyclic amines) is 1. The molecule has 88 valence electrons. The highest BCUT2D eigenvalue weighted by Crippen LogP contribution is 2.32. The van der Waals surface area contributed by atoms with Crippen LogP contribution in [0.5, 0.6) is 0 Å². The highest BCUT2D eigenvalue weighted by atomic mass is 15.2. The number of hydrogen-bond donors (Lipinski definition) is 1. The van der Waals surface area contributed by atoms with Crippen molar-refractivity contribution >= 4 is 0 Å². The molecule has 2 fully saturated rings. The fourth-order valence-electron chi connectivity index (χ4n) is 3.20. The molecule has 0 aliphatic carbocycles. The normalized spacial score (nSPS) is 34.5. The van der Waals surface area contributed by atoms with Gasteiger partial charge >= 0.3 is 0 Å². The molecule has 16 heavy (non-hydrogen) atoms. The summed E-state index contributed by atoms with van der Waals surface area (Å²) in [6, 6.07) is 0.691. The van der Waals surface area contributed by atoms with E-state index in [1.54, 1.807) is 0 Å². The molecule has 4 heteroatoms. The predicted octanol–water partition coefficient (Wildman–Crippen LogP) is 0.460. The van der Waals surface area contributed by atoms with Gasteiger partial charge in [0.1, 0.15) is 5.82 Å². The van der Waals surface area contributed by atoms with Gasteiger partial charge in [-0.05, 0) is 31.8 Å². The van der Waals surface area contributed by atoms with Crippen LogP contribution in [-0.4, -0.2) is 40.1 Å². The topological polar surface area (TPSA) is 33.1 Å². The maximum atomic E-state index is 4.41. The van der Waals surface area contributed by atoms with Crippen molar-refractivity contribution in [2.24, 2.45) is 18.9 Å². The van der Waals surface area contributed by atoms with Crippen molar-refractivity contribution in [3.63, 3.8) is 0 Å². The number of fused-ring (bicyclic) bond motifs is 1. The van der Waals surface area contributed by atoms with Gasteiger partial charge in [0.05, 0.1) is 6.54 Å². The van der Waals surface area contributed by atoms with E-state index in [-0.39, 0.29) is 0 Å². The van der Waals surface area contributed by atoms with E-state index in [9.17, 15) is 0 Å². The molecule has 0 bridgehead atoms. The SMILES string of the molecule is CC1C2CNCC2CN1Cc1nccn1C. The standard InChI is InChI=1S/C12H20N4/c1-9-11-6-13-5-10(11)7-16(9)8-12-14-3-4-15(12)2/h3-4,9-11,13H,5-8H2,1-2H3. The van der Waals surface area contributed by atoms with Crippen molar-refractivity contribution < 1.29 is 0 Å². The molecule has 0 spiro atoms. The van der Waals surface area contributed by atoms with E-state index in [1.165, 1.54) is 25.5 Å². The number of aryl methyl sites for hydroxylation is 1. The number of rotatable bonds is 2. The molecular weight excluding hydrogens is 200 g/mol. The Morgan fingerprint density at radius 3 is 3.06 bits per heavy atom. The lowest BCUT2D eigenvalue weighted by Crippen LogP contribution is -2.33. The first kappa shape index (κ1) is 10.3. The molecule has 0 amide bonds. The minimum absolute atomic E-state index is 0.691. The third-order valence-electron chi connectivity index (χ3n) is 4.32. The molecular formula is C12H20N4. The van der Waals surface area contributed by atoms with Gasteiger partial charge in [-0.15, -0.1) is 0 Å². The van der Waals surface area contributed by atoms with E-state index in [0.717, 1.165) is 18.4 Å². The zero-order valence-corrected chi connectivity index (χ0v) is 10.1. The molecule has 2 aliphatic rings. The molecule has 1 aromatic rings. The second-order valence-corrected chi connectivity index (χ2v) is 5.21. The lowest BCUT2D eigenvalue weighted by molar-refractivity contribution is 0.224. The van der Waals surface area contributed by atoms with Gasteiger partial charge in [-0.1, -0.05) is 0 Å². The van der Waals surface area contributed by atoms with E-state index < -0.39 is 0 Å². The molecule has 3 rings (SSSR count). The monoisotopic (exact) mass is 220 g/mol. The summed E-state index contributed by atoms with van der Waals surface area (Å²) in [4.78, 5) is 7.00. The van der Waals surface area contributed by atoms with Crippen LogP contribution in [0.2, 0.25) is 0 Å². The molecule has 0 saturated carbocycles. The van der Waals surface area contributed by atoms with E-state index in [1.807, 2.05) is 12.4 Å². The Bertz CT molecular complexity index is 373. The Labute approximate surface area is 96.7 Å². The molecule has 1 aromatic heterocycles. The Kier molecular flexibility index (Phi) is 2.48. The van der Waals surface area contributed by atoms with Crippen LogP contribution in [0.25, 0.3) is 0 Å². The first-order valence-corrected chi connectivity index (χ1v) is 6.16. The lowest BCUT2D eigenvalue weighted by Gasteiger charge is -2.23. The Morgan fingerprint density at radius 1 is 1.50 bits per heavy atom. The van der Waals surface area contributed by atoms with Crippen molar-refractivity contribution in [1.82, 2.24) is 19.8 Å². The zero-order chi connectivity index (χ0) is 11.1. The number of imidazole rings is 1. The van der Waals surface area contributed by atoms with E-state index in [4.69, 9.17) is 0 Å². The summed E-state index contributed by atoms with van der Waals surface area (Å²) >= 11 is 0. The molecule has 4 nitrogen and oxygen atoms in total. The summed E-state index contributed by atoms with van der Waals surface area (Å²) in [5.41, 5.74) is 0. The number of nitrogens with zero attached hydrogens (tertiary/aromatic N) is 3. The van der Waals surface area contributed by atoms with E-state index >= 15 is 0 Å². The van der Waals surface area contributed by atoms with Crippen molar-refractivity contribution in [2.45, 2.75) is 19.5 Å². The minimum atomic E-state index is 0.691. The van der Waals surface area contributed by atoms with Crippen LogP contribution in [0, 0.1) is 11.8 Å². The van der Waals surface area contributed by atoms with Gasteiger partial charge in [-0.3, -0.25) is 4.90 Å². The fourth-order valence-corrected chi connectivity index (χ4v) is 3.20. The lowest BCUT2D eigenvalue weighted by atomic mass is 9.95. The van der Waals surface area contributed by atoms with Crippen molar-refractivity contribution in [3.8, 4) is 0 Å². The number of nitrogens with one attached hydrogen (secondary N) is 1. The van der Waals surface area contributed by atoms with Crippen LogP contribution in [0.4, 0.5) is 0 Å². The smallest absolute Gasteiger partial charge is 0.122 e. The molecule has 3 heterocycles. The number of hydrogen-bond acceptors (Lipinski definition) is 3. The van der Waals surface area contributed by atoms with Gasteiger partial charge in [0.25, 0.3) is 0 Å². The maximum absolute atomic E-state index is 4.41. The first-order valence-electron chi connectivity index (χ1n) is 6.16. The second-order valence-electron chi connectivity index (χ2n) is 5.21. The summed E-state index contributed by atoms with van der Waals surface area (Å²) in [6.07, 6.45) is 3.91. The van der Waals surface area contributed by atoms with Gasteiger partial charge in [-0.2, -0.15) is 0 Å². The Morgan fingerprint density at radius 2 is 2.38 bits per heavy atom. The molecule has 2 aliphatic heterocycles. The Balaban J connectivity index is 1.71. The molecule has 0 aromatic carbocycles. The second kappa shape index (κ2) is 3.86. The van der Waals surface area contributed by atoms with Crippen molar-refractivity contribution in [3.05, 3.63) is 18.2 Å². The van der Waals surface area contributed by atoms with Crippen LogP contribution < -0.4 is 5.32 Å². The third-order valence-corrected chi connectivity index (χ3v) is 4.32. The third kappa shape index (κ3) is 1.57. The Hall–Kier alpha value is -0.870. The highest BCUT2D eigenvalue weighted by molar-refractivity contribution is 4.99. The quantitative estimate of drug-likeness (QED) is 0.786. The fraction of sp³-hybridized carbons (Fsp3) is 0.750. The molecule has 0 radical (unpaired) electrons. The van der Waals surface area contributed by atoms with Crippen LogP contribution in [0.15, 0.2) is 12.4 Å². The summed E-state index contributed by atoms with van der Waals surface area (Å²) in [5, 5.41) is 3.50. The van der Waals surface area contributed by atoms with Crippen LogP contribution >= 0.6 is 0 Å². The predicted molar refractivity (Wildman–Crippen MR) is 62.9 cm³/mol. The van der Waals surface area contributed by atoms with Crippen LogP contribution in [0.3, 0.4) is 0 Å². The van der Waals surface area contributed by atoms with E-state index in [0.29, 0.717) is 6.04 Å². The van der Waals surface area contributed by atoms with Crippen LogP contribution in [-0.2, 0) is 13.6 Å². The van der Waals surface area contributed by atoms with Crippen molar-refractivity contribution in [1.29, 1.82) is 0 Å². The largest absolute Gasteiger partial charge is 0.337 e. The average molecular weight is 220 g/mol. The zero-order valence-electron chi connectivity index (χ0n) is 10.1. The molecule has 2 saturated heterocycles. The van der Waals surface area contributed by atoms with Crippen molar-refractivity contribution in [2.75, 3.05) is 19.6 Å². The molecule has 3 atom stereocenters. The first-order chi connectivity index (χ1) is 7.75. The van der Waals surface area contributed by atoms with Gasteiger partial charge in [0.2, 0.25) is 0 Å². The molecule has 1 N–H and O–H groups in total. The van der Waals surface area contributed by atoms with Gasteiger partial charge < -0.3 is 9.88 Å². The minimum Gasteiger partial charge on any atom is -0.337 e. The van der Waals surface area contributed by atoms with Gasteiger partial charge in [0.15, 0.2) is 0 Å². The highest BCUT2D eigenvalue weighted by Gasteiger charge is 2.41. The van der Waals surface area contributed by atoms with Crippen LogP contribution in [0.1, 0.15) is 12.7 Å².